The van der Waals surface area contributed by atoms with Crippen LogP contribution in [0.4, 0.5) is 0 Å². The number of hydrogen-bond acceptors (Lipinski definition) is 4. The number of nitrogens with one attached hydrogen (secondary N) is 1. The van der Waals surface area contributed by atoms with E-state index in [2.05, 4.69) is 10.3 Å². The summed E-state index contributed by atoms with van der Waals surface area (Å²) in [7, 11) is 5.10. The van der Waals surface area contributed by atoms with E-state index in [9.17, 15) is 4.79 Å². The maximum atomic E-state index is 12.3. The molecule has 0 radical (unpaired) electrons. The molecule has 0 atom stereocenters. The van der Waals surface area contributed by atoms with Crippen molar-refractivity contribution in [3.8, 4) is 11.5 Å². The van der Waals surface area contributed by atoms with Gasteiger partial charge in [-0.05, 0) is 35.9 Å². The van der Waals surface area contributed by atoms with Gasteiger partial charge in [0.25, 0.3) is 5.91 Å². The molecule has 0 fully saturated rings. The molecule has 1 heterocycles. The summed E-state index contributed by atoms with van der Waals surface area (Å²) in [6, 6.07) is 11.0. The van der Waals surface area contributed by atoms with Gasteiger partial charge in [-0.15, -0.1) is 0 Å². The Labute approximate surface area is 140 Å². The number of ether oxygens (including phenoxy) is 2. The summed E-state index contributed by atoms with van der Waals surface area (Å²) in [6.45, 7) is 0.402. The Bertz CT molecular complexity index is 886. The van der Waals surface area contributed by atoms with Crippen molar-refractivity contribution in [3.05, 3.63) is 53.9 Å². The molecule has 0 unspecified atom stereocenters. The first-order valence-electron chi connectivity index (χ1n) is 7.52. The normalized spacial score (nSPS) is 10.6. The second-order valence-corrected chi connectivity index (χ2v) is 5.43. The molecule has 1 aromatic heterocycles. The zero-order chi connectivity index (χ0) is 17.1. The van der Waals surface area contributed by atoms with Gasteiger partial charge in [0.2, 0.25) is 0 Å². The van der Waals surface area contributed by atoms with Gasteiger partial charge in [-0.2, -0.15) is 0 Å². The molecule has 24 heavy (non-hydrogen) atoms. The third-order valence-electron chi connectivity index (χ3n) is 3.89. The first-order chi connectivity index (χ1) is 11.6. The molecule has 124 valence electrons. The SMILES string of the molecule is COc1ccc(CNC(=O)c2ccc3c(c2)ncn3C)cc1OC. The van der Waals surface area contributed by atoms with E-state index in [1.54, 1.807) is 32.7 Å². The third kappa shape index (κ3) is 3.03. The molecule has 0 aliphatic rings. The highest BCUT2D eigenvalue weighted by atomic mass is 16.5. The Balaban J connectivity index is 1.72. The van der Waals surface area contributed by atoms with Gasteiger partial charge >= 0.3 is 0 Å². The van der Waals surface area contributed by atoms with Crippen molar-refractivity contribution < 1.29 is 14.3 Å². The first-order valence-corrected chi connectivity index (χ1v) is 7.52. The summed E-state index contributed by atoms with van der Waals surface area (Å²) >= 11 is 0. The standard InChI is InChI=1S/C18H19N3O3/c1-21-11-20-14-9-13(5-6-15(14)21)18(22)19-10-12-4-7-16(23-2)17(8-12)24-3/h4-9,11H,10H2,1-3H3,(H,19,22). The summed E-state index contributed by atoms with van der Waals surface area (Å²) < 4.78 is 12.4. The fourth-order valence-electron chi connectivity index (χ4n) is 2.55. The number of imidazole rings is 1. The van der Waals surface area contributed by atoms with Gasteiger partial charge in [0.1, 0.15) is 0 Å². The number of aromatic nitrogens is 2. The van der Waals surface area contributed by atoms with Gasteiger partial charge in [0.05, 0.1) is 31.6 Å². The van der Waals surface area contributed by atoms with E-state index in [1.165, 1.54) is 0 Å². The summed E-state index contributed by atoms with van der Waals surface area (Å²) in [5.41, 5.74) is 3.31. The molecule has 1 N–H and O–H groups in total. The van der Waals surface area contributed by atoms with E-state index in [0.29, 0.717) is 23.6 Å². The lowest BCUT2D eigenvalue weighted by molar-refractivity contribution is 0.0951. The highest BCUT2D eigenvalue weighted by Gasteiger charge is 2.09. The minimum Gasteiger partial charge on any atom is -0.493 e. The molecule has 3 aromatic rings. The quantitative estimate of drug-likeness (QED) is 0.783. The van der Waals surface area contributed by atoms with Crippen LogP contribution >= 0.6 is 0 Å². The van der Waals surface area contributed by atoms with Crippen molar-refractivity contribution in [1.82, 2.24) is 14.9 Å². The molecule has 3 rings (SSSR count). The zero-order valence-electron chi connectivity index (χ0n) is 13.9. The topological polar surface area (TPSA) is 65.4 Å². The maximum absolute atomic E-state index is 12.3. The molecule has 0 saturated carbocycles. The Morgan fingerprint density at radius 1 is 1.12 bits per heavy atom. The van der Waals surface area contributed by atoms with Crippen LogP contribution < -0.4 is 14.8 Å². The number of carbonyl (C=O) groups excluding carboxylic acids is 1. The number of rotatable bonds is 5. The van der Waals surface area contributed by atoms with E-state index >= 15 is 0 Å². The van der Waals surface area contributed by atoms with Crippen LogP contribution in [0, 0.1) is 0 Å². The molecule has 2 aromatic carbocycles. The van der Waals surface area contributed by atoms with Crippen molar-refractivity contribution in [2.45, 2.75) is 6.54 Å². The van der Waals surface area contributed by atoms with Crippen LogP contribution in [-0.4, -0.2) is 29.7 Å². The molecule has 0 saturated heterocycles. The van der Waals surface area contributed by atoms with Crippen molar-refractivity contribution in [3.63, 3.8) is 0 Å². The fourth-order valence-corrected chi connectivity index (χ4v) is 2.55. The molecular weight excluding hydrogens is 306 g/mol. The summed E-state index contributed by atoms with van der Waals surface area (Å²) in [5.74, 6) is 1.16. The van der Waals surface area contributed by atoms with E-state index in [-0.39, 0.29) is 5.91 Å². The Kier molecular flexibility index (Phi) is 4.37. The lowest BCUT2D eigenvalue weighted by atomic mass is 10.1. The summed E-state index contributed by atoms with van der Waals surface area (Å²) in [5, 5.41) is 2.91. The largest absolute Gasteiger partial charge is 0.493 e. The molecule has 0 aliphatic heterocycles. The van der Waals surface area contributed by atoms with Gasteiger partial charge in [-0.3, -0.25) is 4.79 Å². The molecule has 6 nitrogen and oxygen atoms in total. The minimum absolute atomic E-state index is 0.141. The highest BCUT2D eigenvalue weighted by molar-refractivity contribution is 5.97. The fraction of sp³-hybridized carbons (Fsp3) is 0.222. The Morgan fingerprint density at radius 3 is 2.67 bits per heavy atom. The number of aryl methyl sites for hydroxylation is 1. The molecule has 1 amide bonds. The first kappa shape index (κ1) is 15.9. The van der Waals surface area contributed by atoms with E-state index < -0.39 is 0 Å². The van der Waals surface area contributed by atoms with Crippen molar-refractivity contribution >= 4 is 16.9 Å². The Morgan fingerprint density at radius 2 is 1.92 bits per heavy atom. The number of amides is 1. The van der Waals surface area contributed by atoms with E-state index in [4.69, 9.17) is 9.47 Å². The van der Waals surface area contributed by atoms with Crippen LogP contribution in [0.3, 0.4) is 0 Å². The maximum Gasteiger partial charge on any atom is 0.251 e. The summed E-state index contributed by atoms with van der Waals surface area (Å²) in [4.78, 5) is 16.6. The molecule has 0 spiro atoms. The van der Waals surface area contributed by atoms with Crippen LogP contribution in [0.5, 0.6) is 11.5 Å². The van der Waals surface area contributed by atoms with Gasteiger partial charge in [-0.1, -0.05) is 6.07 Å². The number of fused-ring (bicyclic) bond motifs is 1. The van der Waals surface area contributed by atoms with E-state index in [0.717, 1.165) is 16.6 Å². The van der Waals surface area contributed by atoms with Gasteiger partial charge in [-0.25, -0.2) is 4.98 Å². The zero-order valence-corrected chi connectivity index (χ0v) is 13.9. The molecule has 0 bridgehead atoms. The van der Waals surface area contributed by atoms with Crippen molar-refractivity contribution in [2.24, 2.45) is 7.05 Å². The third-order valence-corrected chi connectivity index (χ3v) is 3.89. The number of methoxy groups -OCH3 is 2. The molecule has 6 heteroatoms. The van der Waals surface area contributed by atoms with Crippen LogP contribution in [0.1, 0.15) is 15.9 Å². The van der Waals surface area contributed by atoms with Crippen LogP contribution in [0.15, 0.2) is 42.7 Å². The lowest BCUT2D eigenvalue weighted by Gasteiger charge is -2.10. The second kappa shape index (κ2) is 6.62. The summed E-state index contributed by atoms with van der Waals surface area (Å²) in [6.07, 6.45) is 1.73. The average Bonchev–Trinajstić information content (AvgIpc) is 2.99. The van der Waals surface area contributed by atoms with Crippen LogP contribution in [-0.2, 0) is 13.6 Å². The predicted octanol–water partition coefficient (Wildman–Crippen LogP) is 2.52. The smallest absolute Gasteiger partial charge is 0.251 e. The average molecular weight is 325 g/mol. The number of carbonyl (C=O) groups is 1. The number of benzene rings is 2. The molecular formula is C18H19N3O3. The second-order valence-electron chi connectivity index (χ2n) is 5.43. The van der Waals surface area contributed by atoms with Gasteiger partial charge < -0.3 is 19.4 Å². The molecule has 0 aliphatic carbocycles. The van der Waals surface area contributed by atoms with Crippen molar-refractivity contribution in [1.29, 1.82) is 0 Å². The van der Waals surface area contributed by atoms with Crippen LogP contribution in [0.25, 0.3) is 11.0 Å². The monoisotopic (exact) mass is 325 g/mol. The Hall–Kier alpha value is -3.02. The predicted molar refractivity (Wildman–Crippen MR) is 91.4 cm³/mol. The van der Waals surface area contributed by atoms with Crippen LogP contribution in [0.2, 0.25) is 0 Å². The van der Waals surface area contributed by atoms with Gasteiger partial charge in [0.15, 0.2) is 11.5 Å². The van der Waals surface area contributed by atoms with Crippen molar-refractivity contribution in [2.75, 3.05) is 14.2 Å². The number of nitrogens with zero attached hydrogens (tertiary/aromatic N) is 2. The lowest BCUT2D eigenvalue weighted by Crippen LogP contribution is -2.22. The highest BCUT2D eigenvalue weighted by Crippen LogP contribution is 2.27. The van der Waals surface area contributed by atoms with E-state index in [1.807, 2.05) is 35.9 Å². The van der Waals surface area contributed by atoms with Gasteiger partial charge in [0, 0.05) is 19.2 Å². The number of hydrogen-bond donors (Lipinski definition) is 1. The minimum atomic E-state index is -0.141.